The maximum absolute atomic E-state index is 13.8. The van der Waals surface area contributed by atoms with Crippen LogP contribution in [0.5, 0.6) is 0 Å². The van der Waals surface area contributed by atoms with E-state index in [0.29, 0.717) is 22.4 Å². The van der Waals surface area contributed by atoms with Crippen molar-refractivity contribution in [2.75, 3.05) is 23.3 Å². The number of hydrogen-bond donors (Lipinski definition) is 1. The van der Waals surface area contributed by atoms with Crippen molar-refractivity contribution in [3.8, 4) is 0 Å². The number of aryl methyl sites for hydroxylation is 1. The van der Waals surface area contributed by atoms with E-state index in [9.17, 15) is 14.0 Å². The number of anilines is 2. The summed E-state index contributed by atoms with van der Waals surface area (Å²) in [6, 6.07) is 9.83. The Labute approximate surface area is 170 Å². The summed E-state index contributed by atoms with van der Waals surface area (Å²) in [7, 11) is 0. The van der Waals surface area contributed by atoms with Crippen LogP contribution in [-0.4, -0.2) is 36.0 Å². The smallest absolute Gasteiger partial charge is 0.257 e. The van der Waals surface area contributed by atoms with Gasteiger partial charge in [-0.15, -0.1) is 0 Å². The maximum atomic E-state index is 13.8. The second-order valence-corrected chi connectivity index (χ2v) is 7.76. The zero-order valence-electron chi connectivity index (χ0n) is 16.9. The minimum absolute atomic E-state index is 0.0455. The first-order valence-electron chi connectivity index (χ1n) is 10.3. The molecular formula is C23H26FN3O2. The van der Waals surface area contributed by atoms with E-state index in [1.165, 1.54) is 6.07 Å². The number of rotatable bonds is 3. The van der Waals surface area contributed by atoms with Crippen molar-refractivity contribution in [2.45, 2.75) is 45.7 Å². The Morgan fingerprint density at radius 3 is 2.76 bits per heavy atom. The highest BCUT2D eigenvalue weighted by Gasteiger charge is 2.37. The topological polar surface area (TPSA) is 52.7 Å². The van der Waals surface area contributed by atoms with Gasteiger partial charge in [0, 0.05) is 24.3 Å². The van der Waals surface area contributed by atoms with Gasteiger partial charge in [-0.05, 0) is 69.0 Å². The number of amides is 2. The summed E-state index contributed by atoms with van der Waals surface area (Å²) in [4.78, 5) is 30.0. The van der Waals surface area contributed by atoms with E-state index >= 15 is 0 Å². The van der Waals surface area contributed by atoms with Gasteiger partial charge in [-0.3, -0.25) is 9.59 Å². The van der Waals surface area contributed by atoms with Gasteiger partial charge in [0.1, 0.15) is 12.0 Å². The normalized spacial score (nSPS) is 18.7. The average Bonchev–Trinajstić information content (AvgIpc) is 2.97. The summed E-state index contributed by atoms with van der Waals surface area (Å²) in [5.74, 6) is -0.628. The minimum atomic E-state index is -0.357. The van der Waals surface area contributed by atoms with Crippen LogP contribution < -0.4 is 10.2 Å². The number of hydrogen-bond acceptors (Lipinski definition) is 3. The molecule has 2 aliphatic rings. The molecule has 29 heavy (non-hydrogen) atoms. The highest BCUT2D eigenvalue weighted by Crippen LogP contribution is 2.35. The van der Waals surface area contributed by atoms with Crippen LogP contribution in [0.25, 0.3) is 0 Å². The molecule has 0 bridgehead atoms. The maximum Gasteiger partial charge on any atom is 0.257 e. The minimum Gasteiger partial charge on any atom is -0.351 e. The van der Waals surface area contributed by atoms with Crippen LogP contribution in [-0.2, 0) is 0 Å². The summed E-state index contributed by atoms with van der Waals surface area (Å²) in [5.41, 5.74) is 2.85. The Hall–Kier alpha value is -2.89. The molecule has 1 saturated heterocycles. The van der Waals surface area contributed by atoms with Crippen LogP contribution in [0, 0.1) is 12.7 Å². The van der Waals surface area contributed by atoms with E-state index in [4.69, 9.17) is 0 Å². The van der Waals surface area contributed by atoms with Crippen LogP contribution >= 0.6 is 0 Å². The molecule has 5 nitrogen and oxygen atoms in total. The van der Waals surface area contributed by atoms with Crippen molar-refractivity contribution >= 4 is 23.2 Å². The van der Waals surface area contributed by atoms with Gasteiger partial charge in [-0.25, -0.2) is 4.39 Å². The predicted molar refractivity (Wildman–Crippen MR) is 112 cm³/mol. The number of halogens is 1. The largest absolute Gasteiger partial charge is 0.351 e. The number of carbonyl (C=O) groups is 2. The molecule has 2 heterocycles. The van der Waals surface area contributed by atoms with Gasteiger partial charge in [0.25, 0.3) is 11.8 Å². The van der Waals surface area contributed by atoms with E-state index in [0.717, 1.165) is 44.5 Å². The predicted octanol–water partition coefficient (Wildman–Crippen LogP) is 4.57. The molecule has 2 aromatic carbocycles. The van der Waals surface area contributed by atoms with Crippen molar-refractivity contribution in [3.05, 3.63) is 58.9 Å². The molecule has 2 aliphatic heterocycles. The van der Waals surface area contributed by atoms with Crippen molar-refractivity contribution in [2.24, 2.45) is 0 Å². The Kier molecular flexibility index (Phi) is 5.26. The molecule has 6 heteroatoms. The van der Waals surface area contributed by atoms with E-state index in [1.54, 1.807) is 37.3 Å². The lowest BCUT2D eigenvalue weighted by Crippen LogP contribution is -2.55. The van der Waals surface area contributed by atoms with Crippen LogP contribution in [0.2, 0.25) is 0 Å². The number of benzene rings is 2. The molecular weight excluding hydrogens is 369 g/mol. The lowest BCUT2D eigenvalue weighted by Gasteiger charge is -2.44. The number of nitrogens with one attached hydrogen (secondary N) is 1. The quantitative estimate of drug-likeness (QED) is 0.828. The summed E-state index contributed by atoms with van der Waals surface area (Å²) >= 11 is 0. The van der Waals surface area contributed by atoms with E-state index in [2.05, 4.69) is 17.1 Å². The number of fused-ring (bicyclic) bond motifs is 2. The lowest BCUT2D eigenvalue weighted by atomic mass is 10.0. The van der Waals surface area contributed by atoms with Gasteiger partial charge in [0.05, 0.1) is 11.3 Å². The molecule has 0 spiro atoms. The fourth-order valence-electron chi connectivity index (χ4n) is 4.31. The van der Waals surface area contributed by atoms with E-state index in [-0.39, 0.29) is 23.8 Å². The molecule has 1 atom stereocenters. The summed E-state index contributed by atoms with van der Waals surface area (Å²) in [5, 5.41) is 2.75. The van der Waals surface area contributed by atoms with Gasteiger partial charge in [0.15, 0.2) is 0 Å². The van der Waals surface area contributed by atoms with Gasteiger partial charge in [-0.1, -0.05) is 12.5 Å². The Morgan fingerprint density at radius 1 is 1.17 bits per heavy atom. The molecule has 1 fully saturated rings. The molecule has 4 rings (SSSR count). The third-order valence-electron chi connectivity index (χ3n) is 5.91. The molecule has 0 saturated carbocycles. The molecule has 0 aromatic heterocycles. The Bertz CT molecular complexity index is 959. The van der Waals surface area contributed by atoms with Crippen LogP contribution in [0.1, 0.15) is 58.9 Å². The summed E-state index contributed by atoms with van der Waals surface area (Å²) < 4.78 is 13.8. The molecule has 0 aliphatic carbocycles. The monoisotopic (exact) mass is 395 g/mol. The highest BCUT2D eigenvalue weighted by atomic mass is 19.1. The van der Waals surface area contributed by atoms with Crippen molar-refractivity contribution in [1.82, 2.24) is 4.90 Å². The Morgan fingerprint density at radius 2 is 2.00 bits per heavy atom. The summed E-state index contributed by atoms with van der Waals surface area (Å²) in [6.07, 6.45) is 4.25. The molecule has 1 unspecified atom stereocenters. The van der Waals surface area contributed by atoms with Crippen LogP contribution in [0.3, 0.4) is 0 Å². The van der Waals surface area contributed by atoms with Crippen molar-refractivity contribution in [3.63, 3.8) is 0 Å². The first kappa shape index (κ1) is 19.4. The zero-order valence-corrected chi connectivity index (χ0v) is 16.9. The second-order valence-electron chi connectivity index (χ2n) is 7.76. The third kappa shape index (κ3) is 3.59. The standard InChI is InChI=1S/C23H26FN3O2/c1-3-26-20-13-16(22(28)25-17-10-8-15(2)19(24)14-17)9-11-18(20)23(29)27-12-6-4-5-7-21(26)27/h8-11,13-14,21H,3-7,12H2,1-2H3,(H,25,28). The Balaban J connectivity index is 1.65. The first-order chi connectivity index (χ1) is 14.0. The van der Waals surface area contributed by atoms with Crippen LogP contribution in [0.15, 0.2) is 36.4 Å². The van der Waals surface area contributed by atoms with E-state index < -0.39 is 0 Å². The fourth-order valence-corrected chi connectivity index (χ4v) is 4.31. The number of carbonyl (C=O) groups excluding carboxylic acids is 2. The van der Waals surface area contributed by atoms with Crippen LogP contribution in [0.4, 0.5) is 15.8 Å². The van der Waals surface area contributed by atoms with Gasteiger partial charge >= 0.3 is 0 Å². The first-order valence-corrected chi connectivity index (χ1v) is 10.3. The SMILES string of the molecule is CCN1c2cc(C(=O)Nc3ccc(C)c(F)c3)ccc2C(=O)N2CCCCCC21. The van der Waals surface area contributed by atoms with Gasteiger partial charge in [0.2, 0.25) is 0 Å². The molecule has 2 aromatic rings. The molecule has 0 radical (unpaired) electrons. The molecule has 152 valence electrons. The third-order valence-corrected chi connectivity index (χ3v) is 5.91. The van der Waals surface area contributed by atoms with Gasteiger partial charge in [-0.2, -0.15) is 0 Å². The van der Waals surface area contributed by atoms with Gasteiger partial charge < -0.3 is 15.1 Å². The highest BCUT2D eigenvalue weighted by molar-refractivity contribution is 6.08. The summed E-state index contributed by atoms with van der Waals surface area (Å²) in [6.45, 7) is 5.29. The van der Waals surface area contributed by atoms with Crippen molar-refractivity contribution < 1.29 is 14.0 Å². The zero-order chi connectivity index (χ0) is 20.5. The molecule has 1 N–H and O–H groups in total. The lowest BCUT2D eigenvalue weighted by molar-refractivity contribution is 0.0656. The number of nitrogens with zero attached hydrogens (tertiary/aromatic N) is 2. The second kappa shape index (κ2) is 7.85. The fraction of sp³-hybridized carbons (Fsp3) is 0.391. The van der Waals surface area contributed by atoms with E-state index in [1.807, 2.05) is 4.90 Å². The average molecular weight is 395 g/mol. The molecule has 2 amide bonds. The van der Waals surface area contributed by atoms with Crippen molar-refractivity contribution in [1.29, 1.82) is 0 Å².